The van der Waals surface area contributed by atoms with Gasteiger partial charge in [0.15, 0.2) is 5.41 Å². The van der Waals surface area contributed by atoms with Crippen molar-refractivity contribution in [3.05, 3.63) is 64.8 Å². The molecule has 7 nitrogen and oxygen atoms in total. The Bertz CT molecular complexity index is 1320. The normalized spacial score (nSPS) is 15.2. The summed E-state index contributed by atoms with van der Waals surface area (Å²) < 4.78 is 38.2. The Morgan fingerprint density at radius 2 is 1.59 bits per heavy atom. The molecule has 0 radical (unpaired) electrons. The molecule has 2 aromatic carbocycles. The Morgan fingerprint density at radius 3 is 2.19 bits per heavy atom. The third kappa shape index (κ3) is 3.21. The molecule has 4 rings (SSSR count). The zero-order chi connectivity index (χ0) is 23.3. The van der Waals surface area contributed by atoms with Gasteiger partial charge in [0.05, 0.1) is 24.6 Å². The van der Waals surface area contributed by atoms with Gasteiger partial charge in [0.1, 0.15) is 0 Å². The minimum Gasteiger partial charge on any atom is -0.468 e. The fraction of sp³-hybridized carbons (Fsp3) is 0.333. The first kappa shape index (κ1) is 22.1. The number of benzene rings is 2. The molecular weight excluding hydrogens is 430 g/mol. The molecule has 1 aliphatic rings. The Labute approximate surface area is 187 Å². The summed E-state index contributed by atoms with van der Waals surface area (Å²) in [4.78, 5) is 25.7. The zero-order valence-corrected chi connectivity index (χ0v) is 19.3. The number of carbonyl (C=O) groups excluding carboxylic acids is 2. The smallest absolute Gasteiger partial charge is 0.323 e. The van der Waals surface area contributed by atoms with Gasteiger partial charge in [-0.3, -0.25) is 9.59 Å². The molecule has 0 saturated heterocycles. The highest BCUT2D eigenvalue weighted by Gasteiger charge is 2.50. The van der Waals surface area contributed by atoms with E-state index in [-0.39, 0.29) is 17.7 Å². The van der Waals surface area contributed by atoms with Gasteiger partial charge in [-0.15, -0.1) is 0 Å². The molecule has 168 valence electrons. The first-order chi connectivity index (χ1) is 15.2. The Kier molecular flexibility index (Phi) is 5.36. The molecule has 0 spiro atoms. The highest BCUT2D eigenvalue weighted by atomic mass is 32.2. The first-order valence-corrected chi connectivity index (χ1v) is 11.7. The topological polar surface area (TPSA) is 91.7 Å². The van der Waals surface area contributed by atoms with E-state index in [2.05, 4.69) is 0 Å². The highest BCUT2D eigenvalue weighted by Crippen LogP contribution is 2.42. The summed E-state index contributed by atoms with van der Waals surface area (Å²) in [5.74, 6) is -1.29. The van der Waals surface area contributed by atoms with E-state index >= 15 is 0 Å². The summed E-state index contributed by atoms with van der Waals surface area (Å²) >= 11 is 0. The van der Waals surface area contributed by atoms with Crippen molar-refractivity contribution in [1.29, 1.82) is 0 Å². The van der Waals surface area contributed by atoms with Crippen LogP contribution in [0.5, 0.6) is 0 Å². The van der Waals surface area contributed by atoms with E-state index in [1.807, 2.05) is 19.9 Å². The predicted octanol–water partition coefficient (Wildman–Crippen LogP) is 3.32. The molecule has 8 heteroatoms. The lowest BCUT2D eigenvalue weighted by molar-refractivity contribution is -0.169. The van der Waals surface area contributed by atoms with E-state index in [1.165, 1.54) is 18.2 Å². The van der Waals surface area contributed by atoms with E-state index < -0.39 is 27.4 Å². The van der Waals surface area contributed by atoms with Crippen molar-refractivity contribution in [2.75, 3.05) is 14.2 Å². The molecule has 1 aliphatic carbocycles. The second-order valence-electron chi connectivity index (χ2n) is 8.27. The minimum atomic E-state index is -3.82. The van der Waals surface area contributed by atoms with Crippen LogP contribution in [0.15, 0.2) is 47.5 Å². The minimum absolute atomic E-state index is 0.0805. The molecule has 32 heavy (non-hydrogen) atoms. The average molecular weight is 456 g/mol. The Morgan fingerprint density at radius 1 is 0.969 bits per heavy atom. The predicted molar refractivity (Wildman–Crippen MR) is 119 cm³/mol. The van der Waals surface area contributed by atoms with Gasteiger partial charge in [0, 0.05) is 18.0 Å². The molecule has 0 fully saturated rings. The molecule has 1 aromatic heterocycles. The molecular formula is C24H25NO6S. The van der Waals surface area contributed by atoms with Crippen molar-refractivity contribution in [1.82, 2.24) is 3.97 Å². The summed E-state index contributed by atoms with van der Waals surface area (Å²) in [5.41, 5.74) is 2.40. The van der Waals surface area contributed by atoms with Gasteiger partial charge in [-0.05, 0) is 61.6 Å². The Hall–Kier alpha value is -3.13. The molecule has 0 bridgehead atoms. The van der Waals surface area contributed by atoms with E-state index in [0.717, 1.165) is 27.6 Å². The van der Waals surface area contributed by atoms with Gasteiger partial charge in [-0.2, -0.15) is 0 Å². The number of aryl methyl sites for hydroxylation is 3. The van der Waals surface area contributed by atoms with Gasteiger partial charge < -0.3 is 9.47 Å². The van der Waals surface area contributed by atoms with E-state index in [1.54, 1.807) is 36.5 Å². The number of rotatable bonds is 4. The van der Waals surface area contributed by atoms with Gasteiger partial charge in [-0.25, -0.2) is 12.4 Å². The maximum absolute atomic E-state index is 13.4. The van der Waals surface area contributed by atoms with Crippen LogP contribution in [-0.4, -0.2) is 38.5 Å². The SMILES string of the molecule is COC(=O)C1(C(=O)OC)CCc2cn(S(=O)(=O)c3ccc(C)cc3)c3ccc(C)c(c23)C1. The van der Waals surface area contributed by atoms with Crippen molar-refractivity contribution in [2.24, 2.45) is 5.41 Å². The van der Waals surface area contributed by atoms with E-state index in [4.69, 9.17) is 9.47 Å². The van der Waals surface area contributed by atoms with Gasteiger partial charge in [0.25, 0.3) is 10.0 Å². The Balaban J connectivity index is 1.95. The van der Waals surface area contributed by atoms with Crippen LogP contribution in [-0.2, 0) is 41.9 Å². The number of aromatic nitrogens is 1. The highest BCUT2D eigenvalue weighted by molar-refractivity contribution is 7.90. The van der Waals surface area contributed by atoms with Crippen molar-refractivity contribution in [2.45, 2.75) is 38.0 Å². The van der Waals surface area contributed by atoms with Crippen molar-refractivity contribution >= 4 is 32.9 Å². The summed E-state index contributed by atoms with van der Waals surface area (Å²) in [5, 5.41) is 0.760. The summed E-state index contributed by atoms with van der Waals surface area (Å²) in [7, 11) is -1.32. The van der Waals surface area contributed by atoms with Crippen molar-refractivity contribution in [3.8, 4) is 0 Å². The average Bonchev–Trinajstić information content (AvgIpc) is 3.07. The van der Waals surface area contributed by atoms with Crippen LogP contribution in [0.2, 0.25) is 0 Å². The fourth-order valence-electron chi connectivity index (χ4n) is 4.56. The lowest BCUT2D eigenvalue weighted by atomic mass is 9.78. The number of nitrogens with zero attached hydrogens (tertiary/aromatic N) is 1. The van der Waals surface area contributed by atoms with Gasteiger partial charge in [-0.1, -0.05) is 23.8 Å². The summed E-state index contributed by atoms with van der Waals surface area (Å²) in [6.07, 6.45) is 2.17. The van der Waals surface area contributed by atoms with E-state index in [0.29, 0.717) is 11.9 Å². The zero-order valence-electron chi connectivity index (χ0n) is 18.5. The largest absolute Gasteiger partial charge is 0.468 e. The van der Waals surface area contributed by atoms with Gasteiger partial charge >= 0.3 is 11.9 Å². The molecule has 0 amide bonds. The first-order valence-electron chi connectivity index (χ1n) is 10.3. The number of carbonyl (C=O) groups is 2. The number of ether oxygens (including phenoxy) is 2. The quantitative estimate of drug-likeness (QED) is 0.443. The third-order valence-corrected chi connectivity index (χ3v) is 8.07. The van der Waals surface area contributed by atoms with Crippen LogP contribution in [0.1, 0.15) is 28.7 Å². The number of methoxy groups -OCH3 is 2. The fourth-order valence-corrected chi connectivity index (χ4v) is 5.94. The van der Waals surface area contributed by atoms with Crippen molar-refractivity contribution in [3.63, 3.8) is 0 Å². The number of hydrogen-bond acceptors (Lipinski definition) is 6. The third-order valence-electron chi connectivity index (χ3n) is 6.39. The monoisotopic (exact) mass is 455 g/mol. The summed E-state index contributed by atoms with van der Waals surface area (Å²) in [6.45, 7) is 3.78. The maximum Gasteiger partial charge on any atom is 0.323 e. The second kappa shape index (κ2) is 7.78. The van der Waals surface area contributed by atoms with Crippen molar-refractivity contribution < 1.29 is 27.5 Å². The van der Waals surface area contributed by atoms with Crippen LogP contribution in [0.4, 0.5) is 0 Å². The van der Waals surface area contributed by atoms with E-state index in [9.17, 15) is 18.0 Å². The lowest BCUT2D eigenvalue weighted by Gasteiger charge is -2.27. The standard InChI is InChI=1S/C24H25NO6S/c1-15-5-8-18(9-6-15)32(28,29)25-14-17-11-12-24(22(26)30-3,23(27)31-4)13-19-16(2)7-10-20(25)21(17)19/h5-10,14H,11-13H2,1-4H3. The maximum atomic E-state index is 13.4. The summed E-state index contributed by atoms with van der Waals surface area (Å²) in [6, 6.07) is 10.3. The number of esters is 2. The van der Waals surface area contributed by atoms with Crippen LogP contribution < -0.4 is 0 Å². The molecule has 0 saturated carbocycles. The van der Waals surface area contributed by atoms with Crippen LogP contribution in [0.3, 0.4) is 0 Å². The molecule has 0 unspecified atom stereocenters. The molecule has 0 atom stereocenters. The lowest BCUT2D eigenvalue weighted by Crippen LogP contribution is -2.43. The number of hydrogen-bond donors (Lipinski definition) is 0. The van der Waals surface area contributed by atoms with Crippen LogP contribution >= 0.6 is 0 Å². The van der Waals surface area contributed by atoms with Gasteiger partial charge in [0.2, 0.25) is 0 Å². The second-order valence-corrected chi connectivity index (χ2v) is 10.1. The molecule has 0 N–H and O–H groups in total. The van der Waals surface area contributed by atoms with Crippen LogP contribution in [0, 0.1) is 19.3 Å². The molecule has 3 aromatic rings. The molecule has 0 aliphatic heterocycles. The van der Waals surface area contributed by atoms with Crippen LogP contribution in [0.25, 0.3) is 10.9 Å². The molecule has 1 heterocycles.